The number of hydrogen-bond acceptors (Lipinski definition) is 7. The molecule has 0 bridgehead atoms. The molecular formula is C24H28FN3O4. The highest BCUT2D eigenvalue weighted by Crippen LogP contribution is 2.28. The molecule has 170 valence electrons. The van der Waals surface area contributed by atoms with Gasteiger partial charge >= 0.3 is 0 Å². The van der Waals surface area contributed by atoms with Crippen LogP contribution in [0.15, 0.2) is 35.3 Å². The Balaban J connectivity index is 1.50. The molecule has 1 saturated heterocycles. The molecule has 1 aromatic heterocycles. The molecule has 4 rings (SSSR count). The number of hydrogen-bond donors (Lipinski definition) is 2. The van der Waals surface area contributed by atoms with Crippen molar-refractivity contribution in [2.75, 3.05) is 26.3 Å². The highest BCUT2D eigenvalue weighted by molar-refractivity contribution is 6.03. The first-order valence-corrected chi connectivity index (χ1v) is 10.9. The van der Waals surface area contributed by atoms with E-state index in [1.807, 2.05) is 6.07 Å². The number of ether oxygens (including phenoxy) is 1. The average molecular weight is 442 g/mol. The van der Waals surface area contributed by atoms with E-state index in [1.165, 1.54) is 12.1 Å². The van der Waals surface area contributed by atoms with Gasteiger partial charge in [-0.3, -0.25) is 14.8 Å². The van der Waals surface area contributed by atoms with Gasteiger partial charge in [0.2, 0.25) is 0 Å². The number of Topliss-reactive ketones (excluding diaryl/α,β-unsaturated/α-hetero) is 1. The summed E-state index contributed by atoms with van der Waals surface area (Å²) in [6.07, 6.45) is -0.543. The van der Waals surface area contributed by atoms with E-state index in [0.29, 0.717) is 31.1 Å². The summed E-state index contributed by atoms with van der Waals surface area (Å²) in [5.74, 6) is -0.0276. The number of aliphatic hydroxyl groups is 2. The normalized spacial score (nSPS) is 17.6. The third-order valence-electron chi connectivity index (χ3n) is 6.02. The number of aliphatic imine (C=N–C) groups is 1. The molecule has 3 heterocycles. The molecule has 2 N–H and O–H groups in total. The zero-order chi connectivity index (χ0) is 22.7. The maximum Gasteiger partial charge on any atom is 0.139 e. The number of nitrogens with zero attached hydrogens (tertiary/aromatic N) is 3. The van der Waals surface area contributed by atoms with Gasteiger partial charge in [-0.05, 0) is 36.2 Å². The fraction of sp³-hybridized carbons (Fsp3) is 0.458. The zero-order valence-corrected chi connectivity index (χ0v) is 18.1. The van der Waals surface area contributed by atoms with Gasteiger partial charge < -0.3 is 19.8 Å². The second-order valence-electron chi connectivity index (χ2n) is 8.31. The number of ketones is 1. The summed E-state index contributed by atoms with van der Waals surface area (Å²) in [4.78, 5) is 24.2. The van der Waals surface area contributed by atoms with E-state index in [4.69, 9.17) is 4.74 Å². The first-order valence-electron chi connectivity index (χ1n) is 10.9. The smallest absolute Gasteiger partial charge is 0.139 e. The van der Waals surface area contributed by atoms with Crippen molar-refractivity contribution in [1.29, 1.82) is 0 Å². The number of carbonyl (C=O) groups is 1. The Morgan fingerprint density at radius 1 is 1.25 bits per heavy atom. The summed E-state index contributed by atoms with van der Waals surface area (Å²) in [6.45, 7) is 4.65. The largest absolute Gasteiger partial charge is 0.393 e. The van der Waals surface area contributed by atoms with Crippen LogP contribution in [0, 0.1) is 5.82 Å². The van der Waals surface area contributed by atoms with Crippen LogP contribution in [0.4, 0.5) is 4.39 Å². The summed E-state index contributed by atoms with van der Waals surface area (Å²) >= 11 is 0. The predicted octanol–water partition coefficient (Wildman–Crippen LogP) is 1.97. The molecule has 2 aliphatic rings. The molecule has 0 saturated carbocycles. The molecule has 0 spiro atoms. The number of halogens is 1. The molecule has 1 aromatic carbocycles. The van der Waals surface area contributed by atoms with Gasteiger partial charge in [-0.2, -0.15) is 0 Å². The van der Waals surface area contributed by atoms with Crippen LogP contribution >= 0.6 is 0 Å². The van der Waals surface area contributed by atoms with E-state index >= 15 is 0 Å². The van der Waals surface area contributed by atoms with Crippen LogP contribution in [0.2, 0.25) is 0 Å². The Kier molecular flexibility index (Phi) is 6.93. The molecule has 7 nitrogen and oxygen atoms in total. The van der Waals surface area contributed by atoms with Gasteiger partial charge in [-0.25, -0.2) is 4.39 Å². The van der Waals surface area contributed by atoms with Crippen molar-refractivity contribution in [2.24, 2.45) is 4.99 Å². The molecule has 1 fully saturated rings. The maximum absolute atomic E-state index is 13.3. The summed E-state index contributed by atoms with van der Waals surface area (Å²) in [6, 6.07) is 7.75. The Hall–Kier alpha value is -2.68. The predicted molar refractivity (Wildman–Crippen MR) is 117 cm³/mol. The zero-order valence-electron chi connectivity index (χ0n) is 18.1. The van der Waals surface area contributed by atoms with Gasteiger partial charge in [-0.15, -0.1) is 0 Å². The fourth-order valence-corrected chi connectivity index (χ4v) is 4.39. The van der Waals surface area contributed by atoms with Crippen LogP contribution in [0.3, 0.4) is 0 Å². The van der Waals surface area contributed by atoms with E-state index in [9.17, 15) is 19.4 Å². The van der Waals surface area contributed by atoms with E-state index in [2.05, 4.69) is 14.9 Å². The number of aliphatic hydroxyl groups excluding tert-OH is 2. The lowest BCUT2D eigenvalue weighted by molar-refractivity contribution is -0.119. The van der Waals surface area contributed by atoms with Crippen LogP contribution in [0.5, 0.6) is 0 Å². The second-order valence-corrected chi connectivity index (χ2v) is 8.31. The minimum Gasteiger partial charge on any atom is -0.393 e. The van der Waals surface area contributed by atoms with E-state index in [0.717, 1.165) is 35.6 Å². The third kappa shape index (κ3) is 4.87. The number of aromatic nitrogens is 1. The second kappa shape index (κ2) is 9.85. The molecule has 0 amide bonds. The average Bonchev–Trinajstić information content (AvgIpc) is 3.22. The van der Waals surface area contributed by atoms with Crippen LogP contribution in [0.25, 0.3) is 0 Å². The number of rotatable bonds is 7. The van der Waals surface area contributed by atoms with Crippen LogP contribution < -0.4 is 0 Å². The molecular weight excluding hydrogens is 413 g/mol. The monoisotopic (exact) mass is 441 g/mol. The fourth-order valence-electron chi connectivity index (χ4n) is 4.39. The van der Waals surface area contributed by atoms with Crippen molar-refractivity contribution in [3.63, 3.8) is 0 Å². The van der Waals surface area contributed by atoms with Gasteiger partial charge in [0.25, 0.3) is 0 Å². The minimum absolute atomic E-state index is 0.0797. The Bertz CT molecular complexity index is 1000. The molecule has 8 heteroatoms. The number of amidine groups is 1. The summed E-state index contributed by atoms with van der Waals surface area (Å²) in [5.41, 5.74) is 3.65. The lowest BCUT2D eigenvalue weighted by Gasteiger charge is -2.29. The first-order chi connectivity index (χ1) is 15.5. The van der Waals surface area contributed by atoms with Crippen molar-refractivity contribution in [1.82, 2.24) is 9.88 Å². The van der Waals surface area contributed by atoms with Crippen molar-refractivity contribution in [3.05, 3.63) is 64.2 Å². The Morgan fingerprint density at radius 3 is 2.62 bits per heavy atom. The first kappa shape index (κ1) is 22.5. The quantitative estimate of drug-likeness (QED) is 0.682. The number of benzene rings is 1. The lowest BCUT2D eigenvalue weighted by atomic mass is 9.88. The maximum atomic E-state index is 13.3. The van der Waals surface area contributed by atoms with Crippen molar-refractivity contribution in [3.8, 4) is 0 Å². The summed E-state index contributed by atoms with van der Waals surface area (Å²) in [7, 11) is 0. The van der Waals surface area contributed by atoms with Crippen molar-refractivity contribution < 1.29 is 24.1 Å². The molecule has 0 aliphatic carbocycles. The number of fused-ring (bicyclic) bond motifs is 1. The summed E-state index contributed by atoms with van der Waals surface area (Å²) < 4.78 is 18.7. The highest BCUT2D eigenvalue weighted by atomic mass is 19.1. The number of morpholine rings is 1. The van der Waals surface area contributed by atoms with Crippen molar-refractivity contribution >= 4 is 11.6 Å². The minimum atomic E-state index is -0.755. The summed E-state index contributed by atoms with van der Waals surface area (Å²) in [5, 5.41) is 20.1. The van der Waals surface area contributed by atoms with Crippen LogP contribution in [-0.2, 0) is 29.1 Å². The standard InChI is InChI=1S/C24H28FN3O4/c1-15(30)21(16-2-4-18(25)5-3-16)12-20(31)11-19-10-17-13-26-24(23(17)22(14-29)27-19)28-6-8-32-9-7-28/h2-5,10,15,21,29-30H,6-9,11-14H2,1H3/t15-,21-/m1/s1. The molecule has 2 atom stereocenters. The van der Waals surface area contributed by atoms with Gasteiger partial charge in [0, 0.05) is 43.1 Å². The van der Waals surface area contributed by atoms with Gasteiger partial charge in [0.15, 0.2) is 0 Å². The lowest BCUT2D eigenvalue weighted by Crippen LogP contribution is -2.41. The molecule has 2 aliphatic heterocycles. The molecule has 0 radical (unpaired) electrons. The molecule has 2 aromatic rings. The number of carbonyl (C=O) groups excluding carboxylic acids is 1. The number of pyridine rings is 1. The van der Waals surface area contributed by atoms with Gasteiger partial charge in [-0.1, -0.05) is 12.1 Å². The van der Waals surface area contributed by atoms with Gasteiger partial charge in [0.05, 0.1) is 38.2 Å². The van der Waals surface area contributed by atoms with Crippen LogP contribution in [-0.4, -0.2) is 64.1 Å². The van der Waals surface area contributed by atoms with Gasteiger partial charge in [0.1, 0.15) is 17.4 Å². The Labute approximate surface area is 186 Å². The van der Waals surface area contributed by atoms with E-state index in [1.54, 1.807) is 19.1 Å². The highest BCUT2D eigenvalue weighted by Gasteiger charge is 2.28. The van der Waals surface area contributed by atoms with E-state index < -0.39 is 12.0 Å². The molecule has 32 heavy (non-hydrogen) atoms. The topological polar surface area (TPSA) is 95.2 Å². The van der Waals surface area contributed by atoms with Crippen molar-refractivity contribution in [2.45, 2.75) is 44.9 Å². The third-order valence-corrected chi connectivity index (χ3v) is 6.02. The van der Waals surface area contributed by atoms with Crippen LogP contribution in [0.1, 0.15) is 47.3 Å². The Morgan fingerprint density at radius 2 is 1.97 bits per heavy atom. The van der Waals surface area contributed by atoms with E-state index in [-0.39, 0.29) is 31.0 Å². The molecule has 0 unspecified atom stereocenters. The SMILES string of the molecule is C[C@@H](O)[C@@H](CC(=O)Cc1cc2c(c(CO)n1)C(N1CCOCC1)=NC2)c1ccc(F)cc1.